The molecule has 1 N–H and O–H groups in total. The van der Waals surface area contributed by atoms with Gasteiger partial charge in [0.15, 0.2) is 0 Å². The van der Waals surface area contributed by atoms with Crippen LogP contribution in [0.1, 0.15) is 9.75 Å². The molecule has 0 aliphatic carbocycles. The van der Waals surface area contributed by atoms with Gasteiger partial charge >= 0.3 is 0 Å². The van der Waals surface area contributed by atoms with Crippen molar-refractivity contribution in [3.05, 3.63) is 94.7 Å². The summed E-state index contributed by atoms with van der Waals surface area (Å²) in [5.74, 6) is 0. The fourth-order valence-electron chi connectivity index (χ4n) is 5.15. The molecule has 1 nitrogen and oxygen atoms in total. The van der Waals surface area contributed by atoms with Gasteiger partial charge in [0.25, 0.3) is 0 Å². The van der Waals surface area contributed by atoms with E-state index in [-0.39, 0.29) is 0 Å². The molecule has 33 heavy (non-hydrogen) atoms. The topological polar surface area (TPSA) is 15.8 Å². The fraction of sp³-hybridized carbons (Fsp3) is 0.0667. The van der Waals surface area contributed by atoms with Gasteiger partial charge in [-0.05, 0) is 60.0 Å². The number of H-pyrrole nitrogens is 1. The molecule has 0 aliphatic heterocycles. The molecular formula is C30H21NS2. The quantitative estimate of drug-likeness (QED) is 0.265. The number of aryl methyl sites for hydroxylation is 2. The average Bonchev–Trinajstić information content (AvgIpc) is 3.56. The van der Waals surface area contributed by atoms with Crippen LogP contribution in [0.4, 0.5) is 0 Å². The number of aromatic nitrogens is 1. The molecule has 0 saturated carbocycles. The largest absolute Gasteiger partial charge is 0.353 e. The predicted octanol–water partition coefficient (Wildman–Crippen LogP) is 9.70. The molecular weight excluding hydrogens is 438 g/mol. The molecule has 0 amide bonds. The van der Waals surface area contributed by atoms with E-state index in [2.05, 4.69) is 104 Å². The molecule has 0 bridgehead atoms. The molecule has 3 heterocycles. The van der Waals surface area contributed by atoms with Gasteiger partial charge in [0, 0.05) is 41.1 Å². The predicted molar refractivity (Wildman–Crippen MR) is 147 cm³/mol. The zero-order valence-corrected chi connectivity index (χ0v) is 20.0. The molecule has 4 aromatic carbocycles. The van der Waals surface area contributed by atoms with Crippen molar-refractivity contribution in [1.29, 1.82) is 0 Å². The minimum Gasteiger partial charge on any atom is -0.353 e. The lowest BCUT2D eigenvalue weighted by Gasteiger charge is -2.06. The Bertz CT molecular complexity index is 1710. The number of hydrogen-bond acceptors (Lipinski definition) is 2. The molecule has 3 aromatic heterocycles. The maximum atomic E-state index is 3.84. The Labute approximate surface area is 199 Å². The summed E-state index contributed by atoms with van der Waals surface area (Å²) < 4.78 is 0. The van der Waals surface area contributed by atoms with Crippen LogP contribution in [0.3, 0.4) is 0 Å². The number of fused-ring (bicyclic) bond motifs is 7. The summed E-state index contributed by atoms with van der Waals surface area (Å²) in [5, 5.41) is 7.75. The molecule has 7 rings (SSSR count). The van der Waals surface area contributed by atoms with Crippen molar-refractivity contribution >= 4 is 66.0 Å². The van der Waals surface area contributed by atoms with Gasteiger partial charge in [0.2, 0.25) is 0 Å². The van der Waals surface area contributed by atoms with Crippen LogP contribution in [0.2, 0.25) is 0 Å². The van der Waals surface area contributed by atoms with Crippen LogP contribution in [-0.2, 0) is 0 Å². The first-order valence-electron chi connectivity index (χ1n) is 11.2. The zero-order chi connectivity index (χ0) is 22.1. The third kappa shape index (κ3) is 2.83. The summed E-state index contributed by atoms with van der Waals surface area (Å²) >= 11 is 3.72. The van der Waals surface area contributed by atoms with Crippen molar-refractivity contribution in [2.45, 2.75) is 13.8 Å². The molecule has 0 saturated heterocycles. The second-order valence-electron chi connectivity index (χ2n) is 8.72. The van der Waals surface area contributed by atoms with E-state index < -0.39 is 0 Å². The van der Waals surface area contributed by atoms with Crippen molar-refractivity contribution in [3.63, 3.8) is 0 Å². The summed E-state index contributed by atoms with van der Waals surface area (Å²) in [6.45, 7) is 4.35. The van der Waals surface area contributed by atoms with E-state index in [4.69, 9.17) is 0 Å². The average molecular weight is 460 g/mol. The van der Waals surface area contributed by atoms with Crippen molar-refractivity contribution in [3.8, 4) is 20.9 Å². The van der Waals surface area contributed by atoms with Crippen LogP contribution in [0, 0.1) is 13.8 Å². The smallest absolute Gasteiger partial charge is 0.0544 e. The van der Waals surface area contributed by atoms with Gasteiger partial charge in [-0.3, -0.25) is 0 Å². The molecule has 0 aliphatic rings. The highest BCUT2D eigenvalue weighted by atomic mass is 32.1. The van der Waals surface area contributed by atoms with Crippen molar-refractivity contribution in [2.24, 2.45) is 0 Å². The molecule has 0 atom stereocenters. The number of thiophene rings is 2. The van der Waals surface area contributed by atoms with Gasteiger partial charge in [-0.25, -0.2) is 0 Å². The SMILES string of the molecule is Cc1ccc(-c2cccc3c2ccc2c4ccc5c(-c6ccc(C)s6)cccc5c4[nH]c32)s1. The van der Waals surface area contributed by atoms with E-state index in [1.165, 1.54) is 74.0 Å². The summed E-state index contributed by atoms with van der Waals surface area (Å²) in [6.07, 6.45) is 0. The lowest BCUT2D eigenvalue weighted by atomic mass is 9.98. The maximum absolute atomic E-state index is 3.84. The number of rotatable bonds is 2. The maximum Gasteiger partial charge on any atom is 0.0544 e. The Morgan fingerprint density at radius 1 is 0.455 bits per heavy atom. The third-order valence-electron chi connectivity index (χ3n) is 6.67. The van der Waals surface area contributed by atoms with Crippen molar-refractivity contribution < 1.29 is 0 Å². The third-order valence-corrected chi connectivity index (χ3v) is 8.74. The second-order valence-corrected chi connectivity index (χ2v) is 11.3. The lowest BCUT2D eigenvalue weighted by Crippen LogP contribution is -1.80. The zero-order valence-electron chi connectivity index (χ0n) is 18.4. The van der Waals surface area contributed by atoms with Crippen LogP contribution in [0.15, 0.2) is 84.9 Å². The van der Waals surface area contributed by atoms with Crippen LogP contribution >= 0.6 is 22.7 Å². The minimum absolute atomic E-state index is 1.22. The van der Waals surface area contributed by atoms with Gasteiger partial charge in [-0.2, -0.15) is 0 Å². The van der Waals surface area contributed by atoms with E-state index in [0.29, 0.717) is 0 Å². The van der Waals surface area contributed by atoms with E-state index in [1.807, 2.05) is 22.7 Å². The lowest BCUT2D eigenvalue weighted by molar-refractivity contribution is 1.58. The Morgan fingerprint density at radius 3 is 1.30 bits per heavy atom. The van der Waals surface area contributed by atoms with Crippen LogP contribution < -0.4 is 0 Å². The molecule has 0 fully saturated rings. The van der Waals surface area contributed by atoms with Crippen LogP contribution in [0.25, 0.3) is 64.2 Å². The van der Waals surface area contributed by atoms with Crippen LogP contribution in [0.5, 0.6) is 0 Å². The number of nitrogens with one attached hydrogen (secondary N) is 1. The first kappa shape index (κ1) is 19.1. The van der Waals surface area contributed by atoms with Gasteiger partial charge in [0.1, 0.15) is 0 Å². The Kier molecular flexibility index (Phi) is 4.08. The second kappa shape index (κ2) is 7.05. The summed E-state index contributed by atoms with van der Waals surface area (Å²) in [7, 11) is 0. The Balaban J connectivity index is 1.54. The highest BCUT2D eigenvalue weighted by molar-refractivity contribution is 7.15. The normalized spacial score (nSPS) is 11.9. The number of aromatic amines is 1. The molecule has 3 heteroatoms. The van der Waals surface area contributed by atoms with E-state index >= 15 is 0 Å². The van der Waals surface area contributed by atoms with Crippen LogP contribution in [-0.4, -0.2) is 4.98 Å². The standard InChI is InChI=1S/C30H21NS2/c1-17-9-15-27(32-17)21-5-3-7-23-19(21)11-13-25-26-14-12-20-22(28-16-10-18(2)33-28)6-4-8-24(20)30(26)31-29(23)25/h3-16,31H,1-2H3. The Hall–Kier alpha value is -3.40. The van der Waals surface area contributed by atoms with Crippen molar-refractivity contribution in [2.75, 3.05) is 0 Å². The minimum atomic E-state index is 1.22. The molecule has 158 valence electrons. The van der Waals surface area contributed by atoms with Gasteiger partial charge < -0.3 is 4.98 Å². The van der Waals surface area contributed by atoms with E-state index in [9.17, 15) is 0 Å². The molecule has 0 unspecified atom stereocenters. The first-order chi connectivity index (χ1) is 16.2. The highest BCUT2D eigenvalue weighted by Gasteiger charge is 2.15. The fourth-order valence-corrected chi connectivity index (χ4v) is 6.96. The van der Waals surface area contributed by atoms with E-state index in [1.54, 1.807) is 0 Å². The summed E-state index contributed by atoms with van der Waals surface area (Å²) in [4.78, 5) is 9.18. The summed E-state index contributed by atoms with van der Waals surface area (Å²) in [5.41, 5.74) is 5.07. The van der Waals surface area contributed by atoms with E-state index in [0.717, 1.165) is 0 Å². The van der Waals surface area contributed by atoms with Gasteiger partial charge in [0.05, 0.1) is 11.0 Å². The Morgan fingerprint density at radius 2 is 0.879 bits per heavy atom. The molecule has 0 spiro atoms. The monoisotopic (exact) mass is 459 g/mol. The highest BCUT2D eigenvalue weighted by Crippen LogP contribution is 2.41. The molecule has 0 radical (unpaired) electrons. The molecule has 7 aromatic rings. The number of benzene rings is 4. The van der Waals surface area contributed by atoms with Gasteiger partial charge in [-0.15, -0.1) is 22.7 Å². The van der Waals surface area contributed by atoms with Gasteiger partial charge in [-0.1, -0.05) is 60.7 Å². The summed E-state index contributed by atoms with van der Waals surface area (Å²) in [6, 6.07) is 31.4. The number of hydrogen-bond donors (Lipinski definition) is 1. The van der Waals surface area contributed by atoms with Crippen molar-refractivity contribution in [1.82, 2.24) is 4.98 Å². The first-order valence-corrected chi connectivity index (χ1v) is 12.8.